The maximum absolute atomic E-state index is 13.3. The van der Waals surface area contributed by atoms with Crippen LogP contribution in [0.25, 0.3) is 0 Å². The van der Waals surface area contributed by atoms with Gasteiger partial charge in [0.2, 0.25) is 0 Å². The average Bonchev–Trinajstić information content (AvgIpc) is 2.77. The average molecular weight is 438 g/mol. The summed E-state index contributed by atoms with van der Waals surface area (Å²) >= 11 is 5.89. The Morgan fingerprint density at radius 2 is 1.65 bits per heavy atom. The summed E-state index contributed by atoms with van der Waals surface area (Å²) in [5.74, 6) is 0.704. The summed E-state index contributed by atoms with van der Waals surface area (Å²) in [5, 5.41) is 3.48. The number of benzene rings is 2. The molecule has 0 heterocycles. The van der Waals surface area contributed by atoms with Crippen molar-refractivity contribution in [3.8, 4) is 0 Å². The molecule has 1 N–H and O–H groups in total. The van der Waals surface area contributed by atoms with Crippen LogP contribution in [0.5, 0.6) is 0 Å². The Hall–Kier alpha value is -2.33. The van der Waals surface area contributed by atoms with E-state index in [0.717, 1.165) is 24.8 Å². The molecule has 31 heavy (non-hydrogen) atoms. The van der Waals surface area contributed by atoms with E-state index in [-0.39, 0.29) is 23.9 Å². The number of carbonyl (C=O) groups excluding carboxylic acids is 2. The number of hydrogen-bond donors (Lipinski definition) is 1. The third-order valence-electron chi connectivity index (χ3n) is 7.62. The van der Waals surface area contributed by atoms with Crippen molar-refractivity contribution in [2.75, 3.05) is 6.61 Å². The smallest absolute Gasteiger partial charge is 0.312 e. The van der Waals surface area contributed by atoms with E-state index in [0.29, 0.717) is 23.4 Å². The summed E-state index contributed by atoms with van der Waals surface area (Å²) in [6, 6.07) is 18.0. The van der Waals surface area contributed by atoms with E-state index in [1.807, 2.05) is 12.1 Å². The van der Waals surface area contributed by atoms with Crippen LogP contribution in [-0.4, -0.2) is 18.5 Å². The molecule has 2 aromatic rings. The predicted molar refractivity (Wildman–Crippen MR) is 119 cm³/mol. The number of ether oxygens (including phenoxy) is 1. The molecule has 0 aromatic heterocycles. The number of rotatable bonds is 6. The van der Waals surface area contributed by atoms with Crippen LogP contribution < -0.4 is 5.32 Å². The van der Waals surface area contributed by atoms with E-state index in [2.05, 4.69) is 35.6 Å². The molecular weight excluding hydrogens is 410 g/mol. The summed E-state index contributed by atoms with van der Waals surface area (Å²) in [6.45, 7) is 0.168. The molecule has 2 unspecified atom stereocenters. The van der Waals surface area contributed by atoms with Gasteiger partial charge in [-0.15, -0.1) is 0 Å². The van der Waals surface area contributed by atoms with E-state index in [1.54, 1.807) is 12.1 Å². The van der Waals surface area contributed by atoms with Gasteiger partial charge < -0.3 is 10.1 Å². The molecule has 0 aliphatic heterocycles. The molecule has 4 aliphatic carbocycles. The second kappa shape index (κ2) is 7.98. The molecular formula is C26H28ClNO3. The van der Waals surface area contributed by atoms with Crippen molar-refractivity contribution in [3.05, 3.63) is 70.7 Å². The fraction of sp³-hybridized carbons (Fsp3) is 0.462. The van der Waals surface area contributed by atoms with Crippen LogP contribution in [-0.2, 0) is 26.3 Å². The van der Waals surface area contributed by atoms with Gasteiger partial charge in [0.05, 0.1) is 5.41 Å². The highest BCUT2D eigenvalue weighted by molar-refractivity contribution is 6.30. The topological polar surface area (TPSA) is 55.4 Å². The summed E-state index contributed by atoms with van der Waals surface area (Å²) in [4.78, 5) is 25.6. The van der Waals surface area contributed by atoms with Crippen LogP contribution in [0, 0.1) is 17.3 Å². The number of nitrogens with one attached hydrogen (secondary N) is 1. The van der Waals surface area contributed by atoms with Crippen molar-refractivity contribution in [2.45, 2.75) is 50.5 Å². The van der Waals surface area contributed by atoms with Crippen LogP contribution in [0.2, 0.25) is 5.02 Å². The fourth-order valence-electron chi connectivity index (χ4n) is 6.77. The SMILES string of the molecule is O=C(COC(=O)C12CC3CC(C1)CC(c1ccccc1)(C3)C2)NCc1ccc(Cl)cc1. The Balaban J connectivity index is 1.23. The normalized spacial score (nSPS) is 30.7. The third kappa shape index (κ3) is 3.98. The maximum atomic E-state index is 13.3. The molecule has 2 aromatic carbocycles. The number of halogens is 1. The molecule has 4 bridgehead atoms. The first-order valence-corrected chi connectivity index (χ1v) is 11.6. The van der Waals surface area contributed by atoms with Gasteiger partial charge >= 0.3 is 5.97 Å². The minimum Gasteiger partial charge on any atom is -0.455 e. The Labute approximate surface area is 188 Å². The quantitative estimate of drug-likeness (QED) is 0.644. The molecule has 4 saturated carbocycles. The Kier molecular flexibility index (Phi) is 5.29. The van der Waals surface area contributed by atoms with Crippen LogP contribution in [0.15, 0.2) is 54.6 Å². The molecule has 4 fully saturated rings. The van der Waals surface area contributed by atoms with E-state index in [4.69, 9.17) is 16.3 Å². The van der Waals surface area contributed by atoms with Crippen LogP contribution in [0.1, 0.15) is 49.7 Å². The van der Waals surface area contributed by atoms with Crippen molar-refractivity contribution in [1.29, 1.82) is 0 Å². The molecule has 0 saturated heterocycles. The van der Waals surface area contributed by atoms with Crippen molar-refractivity contribution < 1.29 is 14.3 Å². The summed E-state index contributed by atoms with van der Waals surface area (Å²) in [6.07, 6.45) is 6.23. The third-order valence-corrected chi connectivity index (χ3v) is 7.87. The van der Waals surface area contributed by atoms with Gasteiger partial charge in [0.25, 0.3) is 5.91 Å². The van der Waals surface area contributed by atoms with E-state index in [9.17, 15) is 9.59 Å². The molecule has 6 rings (SSSR count). The zero-order valence-electron chi connectivity index (χ0n) is 17.6. The molecule has 1 amide bonds. The first kappa shape index (κ1) is 20.6. The highest BCUT2D eigenvalue weighted by Gasteiger charge is 2.61. The van der Waals surface area contributed by atoms with Gasteiger partial charge in [0.15, 0.2) is 6.61 Å². The molecule has 162 valence electrons. The molecule has 2 atom stereocenters. The number of amides is 1. The largest absolute Gasteiger partial charge is 0.455 e. The fourth-order valence-corrected chi connectivity index (χ4v) is 6.89. The summed E-state index contributed by atoms with van der Waals surface area (Å²) < 4.78 is 5.60. The Morgan fingerprint density at radius 1 is 0.968 bits per heavy atom. The van der Waals surface area contributed by atoms with E-state index in [1.165, 1.54) is 24.8 Å². The minimum absolute atomic E-state index is 0.0845. The molecule has 0 radical (unpaired) electrons. The molecule has 4 aliphatic rings. The Morgan fingerprint density at radius 3 is 2.32 bits per heavy atom. The van der Waals surface area contributed by atoms with Gasteiger partial charge in [-0.3, -0.25) is 9.59 Å². The lowest BCUT2D eigenvalue weighted by Gasteiger charge is -2.61. The van der Waals surface area contributed by atoms with E-state index >= 15 is 0 Å². The molecule has 0 spiro atoms. The van der Waals surface area contributed by atoms with Gasteiger partial charge in [0.1, 0.15) is 0 Å². The highest BCUT2D eigenvalue weighted by Crippen LogP contribution is 2.66. The lowest BCUT2D eigenvalue weighted by atomic mass is 9.43. The lowest BCUT2D eigenvalue weighted by Crippen LogP contribution is -2.57. The van der Waals surface area contributed by atoms with Crippen molar-refractivity contribution >= 4 is 23.5 Å². The van der Waals surface area contributed by atoms with Crippen LogP contribution >= 0.6 is 11.6 Å². The second-order valence-corrected chi connectivity index (χ2v) is 10.3. The standard InChI is InChI=1S/C26H28ClNO3/c27-22-8-6-18(7-9-22)15-28-23(29)16-31-24(30)26-13-19-10-20(14-26)12-25(11-19,17-26)21-4-2-1-3-5-21/h1-9,19-20H,10-17H2,(H,28,29). The van der Waals surface area contributed by atoms with Crippen molar-refractivity contribution in [2.24, 2.45) is 17.3 Å². The minimum atomic E-state index is -0.434. The number of esters is 1. The maximum Gasteiger partial charge on any atom is 0.312 e. The molecule has 5 heteroatoms. The monoisotopic (exact) mass is 437 g/mol. The zero-order chi connectivity index (χ0) is 21.5. The van der Waals surface area contributed by atoms with E-state index < -0.39 is 5.41 Å². The Bertz CT molecular complexity index is 958. The number of carbonyl (C=O) groups is 2. The second-order valence-electron chi connectivity index (χ2n) is 9.87. The van der Waals surface area contributed by atoms with Gasteiger partial charge in [-0.05, 0) is 79.0 Å². The van der Waals surface area contributed by atoms with Gasteiger partial charge in [0, 0.05) is 11.6 Å². The van der Waals surface area contributed by atoms with Crippen LogP contribution in [0.3, 0.4) is 0 Å². The molecule has 4 nitrogen and oxygen atoms in total. The van der Waals surface area contributed by atoms with Crippen molar-refractivity contribution in [1.82, 2.24) is 5.32 Å². The predicted octanol–water partition coefficient (Wildman–Crippen LogP) is 5.04. The lowest BCUT2D eigenvalue weighted by molar-refractivity contribution is -0.175. The van der Waals surface area contributed by atoms with Gasteiger partial charge in [-0.25, -0.2) is 0 Å². The summed E-state index contributed by atoms with van der Waals surface area (Å²) in [5.41, 5.74) is 1.97. The van der Waals surface area contributed by atoms with Crippen molar-refractivity contribution in [3.63, 3.8) is 0 Å². The van der Waals surface area contributed by atoms with Crippen LogP contribution in [0.4, 0.5) is 0 Å². The highest BCUT2D eigenvalue weighted by atomic mass is 35.5. The zero-order valence-corrected chi connectivity index (χ0v) is 18.4. The van der Waals surface area contributed by atoms with Gasteiger partial charge in [-0.1, -0.05) is 54.1 Å². The first-order valence-electron chi connectivity index (χ1n) is 11.2. The summed E-state index contributed by atoms with van der Waals surface area (Å²) in [7, 11) is 0. The first-order chi connectivity index (χ1) is 15.0. The van der Waals surface area contributed by atoms with Gasteiger partial charge in [-0.2, -0.15) is 0 Å². The number of hydrogen-bond acceptors (Lipinski definition) is 3.